The number of carbonyl (C=O) groups excluding carboxylic acids is 1. The zero-order valence-electron chi connectivity index (χ0n) is 10.6. The highest BCUT2D eigenvalue weighted by Gasteiger charge is 2.47. The third kappa shape index (κ3) is 3.66. The van der Waals surface area contributed by atoms with E-state index in [1.807, 2.05) is 32.5 Å². The molecule has 1 amide bonds. The summed E-state index contributed by atoms with van der Waals surface area (Å²) in [6, 6.07) is 0. The fourth-order valence-electron chi connectivity index (χ4n) is 1.94. The molecule has 2 rings (SSSR count). The third-order valence-corrected chi connectivity index (χ3v) is 4.14. The molecule has 0 saturated carbocycles. The molecule has 1 spiro atoms. The van der Waals surface area contributed by atoms with Gasteiger partial charge in [-0.05, 0) is 39.5 Å². The highest BCUT2D eigenvalue weighted by molar-refractivity contribution is 8.00. The summed E-state index contributed by atoms with van der Waals surface area (Å²) >= 11 is 1.93. The maximum atomic E-state index is 11.7. The molecule has 0 aromatic heterocycles. The Morgan fingerprint density at radius 3 is 2.53 bits per heavy atom. The smallest absolute Gasteiger partial charge is 0.410 e. The second-order valence-electron chi connectivity index (χ2n) is 5.46. The molecule has 1 N–H and O–H groups in total. The van der Waals surface area contributed by atoms with Crippen LogP contribution in [-0.4, -0.2) is 46.9 Å². The number of nitrogens with zero attached hydrogens (tertiary/aromatic N) is 1. The lowest BCUT2D eigenvalue weighted by atomic mass is 10.1. The van der Waals surface area contributed by atoms with Gasteiger partial charge in [-0.25, -0.2) is 4.79 Å². The van der Waals surface area contributed by atoms with Gasteiger partial charge in [-0.1, -0.05) is 0 Å². The molecule has 2 aliphatic rings. The van der Waals surface area contributed by atoms with Gasteiger partial charge in [0.15, 0.2) is 0 Å². The van der Waals surface area contributed by atoms with Gasteiger partial charge in [-0.2, -0.15) is 0 Å². The minimum Gasteiger partial charge on any atom is -0.444 e. The zero-order valence-corrected chi connectivity index (χ0v) is 12.2. The molecule has 0 aliphatic carbocycles. The van der Waals surface area contributed by atoms with Crippen molar-refractivity contribution in [3.05, 3.63) is 0 Å². The molecule has 2 saturated heterocycles. The van der Waals surface area contributed by atoms with E-state index >= 15 is 0 Å². The first-order valence-electron chi connectivity index (χ1n) is 5.77. The van der Waals surface area contributed by atoms with Crippen LogP contribution in [0.3, 0.4) is 0 Å². The number of amides is 1. The van der Waals surface area contributed by atoms with Crippen LogP contribution in [0.2, 0.25) is 0 Å². The summed E-state index contributed by atoms with van der Waals surface area (Å²) in [5.74, 6) is 1.19. The first-order valence-corrected chi connectivity index (χ1v) is 6.76. The molecule has 2 aliphatic heterocycles. The van der Waals surface area contributed by atoms with Crippen molar-refractivity contribution < 1.29 is 9.53 Å². The number of ether oxygens (including phenoxy) is 1. The zero-order chi connectivity index (χ0) is 11.8. The molecule has 17 heavy (non-hydrogen) atoms. The van der Waals surface area contributed by atoms with E-state index in [0.29, 0.717) is 0 Å². The van der Waals surface area contributed by atoms with Crippen LogP contribution in [-0.2, 0) is 4.74 Å². The average molecular weight is 281 g/mol. The van der Waals surface area contributed by atoms with Crippen molar-refractivity contribution in [1.82, 2.24) is 10.2 Å². The van der Waals surface area contributed by atoms with Gasteiger partial charge >= 0.3 is 6.09 Å². The summed E-state index contributed by atoms with van der Waals surface area (Å²) in [6.45, 7) is 8.30. The van der Waals surface area contributed by atoms with Crippen molar-refractivity contribution in [2.45, 2.75) is 37.7 Å². The molecule has 0 radical (unpaired) electrons. The van der Waals surface area contributed by atoms with Crippen LogP contribution in [0, 0.1) is 0 Å². The molecular weight excluding hydrogens is 260 g/mol. The second kappa shape index (κ2) is 5.24. The SMILES string of the molecule is CC(C)(C)OC(=O)N1CC2(C1)NCCCS2.Cl. The molecular formula is C11H21ClN2O2S. The Labute approximate surface area is 113 Å². The topological polar surface area (TPSA) is 41.6 Å². The highest BCUT2D eigenvalue weighted by Crippen LogP contribution is 2.36. The Morgan fingerprint density at radius 1 is 1.41 bits per heavy atom. The fraction of sp³-hybridized carbons (Fsp3) is 0.909. The molecule has 2 fully saturated rings. The lowest BCUT2D eigenvalue weighted by Crippen LogP contribution is -2.70. The monoisotopic (exact) mass is 280 g/mol. The Bertz CT molecular complexity index is 280. The normalized spacial score (nSPS) is 22.6. The van der Waals surface area contributed by atoms with E-state index in [2.05, 4.69) is 5.32 Å². The number of hydrogen-bond donors (Lipinski definition) is 1. The van der Waals surface area contributed by atoms with Crippen LogP contribution in [0.1, 0.15) is 27.2 Å². The summed E-state index contributed by atoms with van der Waals surface area (Å²) in [6.07, 6.45) is 1.03. The molecule has 0 aromatic rings. The van der Waals surface area contributed by atoms with E-state index in [9.17, 15) is 4.79 Å². The molecule has 4 nitrogen and oxygen atoms in total. The minimum atomic E-state index is -0.396. The Balaban J connectivity index is 0.00000144. The number of rotatable bonds is 0. The highest BCUT2D eigenvalue weighted by atomic mass is 35.5. The van der Waals surface area contributed by atoms with E-state index in [1.54, 1.807) is 4.90 Å². The van der Waals surface area contributed by atoms with Gasteiger partial charge < -0.3 is 9.64 Å². The lowest BCUT2D eigenvalue weighted by Gasteiger charge is -2.51. The Hall–Kier alpha value is -0.130. The molecule has 0 aromatic carbocycles. The molecule has 2 heterocycles. The van der Waals surface area contributed by atoms with Gasteiger partial charge in [0.2, 0.25) is 0 Å². The van der Waals surface area contributed by atoms with Crippen LogP contribution in [0.5, 0.6) is 0 Å². The maximum absolute atomic E-state index is 11.7. The minimum absolute atomic E-state index is 0. The average Bonchev–Trinajstić information content (AvgIpc) is 2.12. The van der Waals surface area contributed by atoms with Crippen molar-refractivity contribution >= 4 is 30.3 Å². The van der Waals surface area contributed by atoms with Crippen molar-refractivity contribution in [1.29, 1.82) is 0 Å². The number of hydrogen-bond acceptors (Lipinski definition) is 4. The van der Waals surface area contributed by atoms with Crippen LogP contribution >= 0.6 is 24.2 Å². The second-order valence-corrected chi connectivity index (χ2v) is 6.94. The molecule has 0 bridgehead atoms. The number of likely N-dealkylation sites (tertiary alicyclic amines) is 1. The Kier molecular flexibility index (Phi) is 4.60. The van der Waals surface area contributed by atoms with E-state index in [-0.39, 0.29) is 23.4 Å². The van der Waals surface area contributed by atoms with Crippen molar-refractivity contribution in [3.8, 4) is 0 Å². The predicted molar refractivity (Wildman–Crippen MR) is 72.9 cm³/mol. The van der Waals surface area contributed by atoms with Crippen LogP contribution < -0.4 is 5.32 Å². The summed E-state index contributed by atoms with van der Waals surface area (Å²) in [5, 5.41) is 3.49. The fourth-order valence-corrected chi connectivity index (χ4v) is 3.31. The van der Waals surface area contributed by atoms with Crippen molar-refractivity contribution in [2.24, 2.45) is 0 Å². The standard InChI is InChI=1S/C11H20N2O2S.ClH/c1-10(2,3)15-9(14)13-7-11(8-13)12-5-4-6-16-11;/h12H,4-8H2,1-3H3;1H. The first kappa shape index (κ1) is 14.9. The quantitative estimate of drug-likeness (QED) is 0.738. The largest absolute Gasteiger partial charge is 0.444 e. The number of halogens is 1. The number of thioether (sulfide) groups is 1. The predicted octanol–water partition coefficient (Wildman–Crippen LogP) is 2.08. The van der Waals surface area contributed by atoms with Gasteiger partial charge in [0.05, 0.1) is 13.1 Å². The van der Waals surface area contributed by atoms with Crippen LogP contribution in [0.15, 0.2) is 0 Å². The van der Waals surface area contributed by atoms with Gasteiger partial charge in [-0.15, -0.1) is 24.2 Å². The van der Waals surface area contributed by atoms with Gasteiger partial charge in [-0.3, -0.25) is 5.32 Å². The van der Waals surface area contributed by atoms with Gasteiger partial charge in [0, 0.05) is 0 Å². The van der Waals surface area contributed by atoms with E-state index in [1.165, 1.54) is 12.2 Å². The lowest BCUT2D eigenvalue weighted by molar-refractivity contribution is 0.000368. The molecule has 6 heteroatoms. The summed E-state index contributed by atoms with van der Waals surface area (Å²) in [4.78, 5) is 13.6. The van der Waals surface area contributed by atoms with Crippen molar-refractivity contribution in [2.75, 3.05) is 25.4 Å². The van der Waals surface area contributed by atoms with E-state index in [4.69, 9.17) is 4.74 Å². The summed E-state index contributed by atoms with van der Waals surface area (Å²) in [7, 11) is 0. The van der Waals surface area contributed by atoms with Crippen LogP contribution in [0.25, 0.3) is 0 Å². The third-order valence-electron chi connectivity index (χ3n) is 2.69. The van der Waals surface area contributed by atoms with Crippen LogP contribution in [0.4, 0.5) is 4.79 Å². The summed E-state index contributed by atoms with van der Waals surface area (Å²) in [5.41, 5.74) is -0.396. The van der Waals surface area contributed by atoms with E-state index in [0.717, 1.165) is 19.6 Å². The van der Waals surface area contributed by atoms with E-state index < -0.39 is 5.60 Å². The first-order chi connectivity index (χ1) is 7.40. The Morgan fingerprint density at radius 2 is 2.06 bits per heavy atom. The number of carbonyl (C=O) groups is 1. The maximum Gasteiger partial charge on any atom is 0.410 e. The number of nitrogens with one attached hydrogen (secondary N) is 1. The van der Waals surface area contributed by atoms with Gasteiger partial charge in [0.1, 0.15) is 10.5 Å². The molecule has 0 atom stereocenters. The molecule has 100 valence electrons. The summed E-state index contributed by atoms with van der Waals surface area (Å²) < 4.78 is 5.33. The van der Waals surface area contributed by atoms with Gasteiger partial charge in [0.25, 0.3) is 0 Å². The van der Waals surface area contributed by atoms with Crippen molar-refractivity contribution in [3.63, 3.8) is 0 Å². The molecule has 0 unspecified atom stereocenters.